The molecule has 2 aromatic carbocycles. The number of phosphoric acid groups is 1. The second-order valence-electron chi connectivity index (χ2n) is 12.6. The van der Waals surface area contributed by atoms with Crippen LogP contribution in [0.2, 0.25) is 0 Å². The first-order valence-electron chi connectivity index (χ1n) is 16.0. The molecule has 4 aliphatic rings. The number of urea groups is 1. The SMILES string of the molecule is C=CCN1CC(=O)N2[C@@H](Cc3ccc(OP(=O)(O)O)cc3)C(=O)N(CC3CCCC4CNNC43)C[C@@H]2N1C(=O)NCc1ccccc1. The fourth-order valence-corrected chi connectivity index (χ4v) is 7.81. The van der Waals surface area contributed by atoms with Crippen molar-refractivity contribution < 1.29 is 33.3 Å². The Hall–Kier alpha value is -3.78. The summed E-state index contributed by atoms with van der Waals surface area (Å²) in [5.74, 6) is 0.196. The minimum absolute atomic E-state index is 0.0172. The molecular formula is C32H42N7O7P. The van der Waals surface area contributed by atoms with Crippen LogP contribution in [0.4, 0.5) is 4.79 Å². The maximum Gasteiger partial charge on any atom is 0.524 e. The second-order valence-corrected chi connectivity index (χ2v) is 13.8. The van der Waals surface area contributed by atoms with Crippen LogP contribution in [0, 0.1) is 11.8 Å². The molecular weight excluding hydrogens is 625 g/mol. The smallest absolute Gasteiger partial charge is 0.404 e. The highest BCUT2D eigenvalue weighted by Crippen LogP contribution is 2.38. The molecule has 5 atom stereocenters. The molecule has 1 aliphatic carbocycles. The summed E-state index contributed by atoms with van der Waals surface area (Å²) < 4.78 is 16.0. The number of fused-ring (bicyclic) bond motifs is 2. The summed E-state index contributed by atoms with van der Waals surface area (Å²) in [6, 6.07) is 14.6. The summed E-state index contributed by atoms with van der Waals surface area (Å²) in [6.45, 7) is 5.81. The molecule has 4 fully saturated rings. The lowest BCUT2D eigenvalue weighted by atomic mass is 9.77. The van der Waals surface area contributed by atoms with E-state index in [2.05, 4.69) is 27.3 Å². The van der Waals surface area contributed by atoms with Crippen LogP contribution < -0.4 is 20.7 Å². The van der Waals surface area contributed by atoms with Crippen LogP contribution in [0.15, 0.2) is 67.3 Å². The third-order valence-corrected chi connectivity index (χ3v) is 9.94. The molecule has 0 bridgehead atoms. The number of hydrogen-bond acceptors (Lipinski definition) is 8. The summed E-state index contributed by atoms with van der Waals surface area (Å²) in [4.78, 5) is 63.9. The monoisotopic (exact) mass is 667 g/mol. The highest BCUT2D eigenvalue weighted by molar-refractivity contribution is 7.46. The second kappa shape index (κ2) is 14.1. The zero-order chi connectivity index (χ0) is 33.1. The van der Waals surface area contributed by atoms with Gasteiger partial charge in [0.25, 0.3) is 0 Å². The number of phosphoric ester groups is 1. The van der Waals surface area contributed by atoms with E-state index in [4.69, 9.17) is 0 Å². The Balaban J connectivity index is 1.31. The Labute approximate surface area is 273 Å². The first-order chi connectivity index (χ1) is 22.6. The summed E-state index contributed by atoms with van der Waals surface area (Å²) in [7, 11) is -4.74. The predicted molar refractivity (Wildman–Crippen MR) is 172 cm³/mol. The molecule has 1 saturated carbocycles. The van der Waals surface area contributed by atoms with Gasteiger partial charge in [0.15, 0.2) is 0 Å². The number of piperazine rings is 1. The van der Waals surface area contributed by atoms with Gasteiger partial charge in [-0.25, -0.2) is 19.4 Å². The molecule has 0 aromatic heterocycles. The molecule has 47 heavy (non-hydrogen) atoms. The van der Waals surface area contributed by atoms with Gasteiger partial charge in [-0.05, 0) is 47.9 Å². The topological polar surface area (TPSA) is 167 Å². The van der Waals surface area contributed by atoms with Crippen molar-refractivity contribution in [1.29, 1.82) is 0 Å². The maximum absolute atomic E-state index is 14.4. The van der Waals surface area contributed by atoms with Crippen molar-refractivity contribution in [3.8, 4) is 5.75 Å². The predicted octanol–water partition coefficient (Wildman–Crippen LogP) is 1.59. The number of benzene rings is 2. The molecule has 6 rings (SSSR count). The number of hydrazine groups is 2. The summed E-state index contributed by atoms with van der Waals surface area (Å²) in [6.07, 6.45) is 4.18. The van der Waals surface area contributed by atoms with Crippen molar-refractivity contribution in [1.82, 2.24) is 36.0 Å². The van der Waals surface area contributed by atoms with Gasteiger partial charge in [-0.1, -0.05) is 55.0 Å². The van der Waals surface area contributed by atoms with Crippen LogP contribution in [0.5, 0.6) is 5.75 Å². The van der Waals surface area contributed by atoms with E-state index in [0.29, 0.717) is 18.0 Å². The Morgan fingerprint density at radius 2 is 1.85 bits per heavy atom. The lowest BCUT2D eigenvalue weighted by Gasteiger charge is -2.55. The lowest BCUT2D eigenvalue weighted by molar-refractivity contribution is -0.189. The normalized spacial score (nSPS) is 26.5. The number of hydrogen-bond donors (Lipinski definition) is 5. The Morgan fingerprint density at radius 3 is 2.57 bits per heavy atom. The van der Waals surface area contributed by atoms with Gasteiger partial charge in [-0.2, -0.15) is 0 Å². The van der Waals surface area contributed by atoms with Gasteiger partial charge in [0.2, 0.25) is 11.8 Å². The quantitative estimate of drug-likeness (QED) is 0.186. The van der Waals surface area contributed by atoms with Gasteiger partial charge in [-0.15, -0.1) is 6.58 Å². The molecule has 3 saturated heterocycles. The van der Waals surface area contributed by atoms with Crippen molar-refractivity contribution in [2.75, 3.05) is 32.7 Å². The molecule has 2 aromatic rings. The standard InChI is InChI=1S/C32H42N7O7P/c1-2-15-37-21-29(40)38-27(16-22-11-13-26(14-12-22)46-47(43,44)45)31(41)36(19-25-10-6-9-24-18-34-35-30(24)25)20-28(38)39(37)32(42)33-17-23-7-4-3-5-8-23/h2-5,7-8,11-14,24-25,27-28,30,34-35H,1,6,9-10,15-21H2,(H,33,42)(H2,43,44,45)/t24?,25?,27-,28-,30?/m0/s1. The number of carbonyl (C=O) groups is 3. The van der Waals surface area contributed by atoms with Gasteiger partial charge in [0, 0.05) is 38.6 Å². The van der Waals surface area contributed by atoms with Crippen molar-refractivity contribution in [3.63, 3.8) is 0 Å². The van der Waals surface area contributed by atoms with Crippen LogP contribution >= 0.6 is 7.82 Å². The van der Waals surface area contributed by atoms with Crippen molar-refractivity contribution in [2.24, 2.45) is 11.8 Å². The summed E-state index contributed by atoms with van der Waals surface area (Å²) in [5.41, 5.74) is 8.29. The Morgan fingerprint density at radius 1 is 1.09 bits per heavy atom. The molecule has 15 heteroatoms. The summed E-state index contributed by atoms with van der Waals surface area (Å²) >= 11 is 0. The highest BCUT2D eigenvalue weighted by Gasteiger charge is 2.52. The van der Waals surface area contributed by atoms with Gasteiger partial charge < -0.3 is 19.6 Å². The van der Waals surface area contributed by atoms with Crippen molar-refractivity contribution in [2.45, 2.75) is 50.5 Å². The van der Waals surface area contributed by atoms with Crippen LogP contribution in [0.25, 0.3) is 0 Å². The molecule has 3 aliphatic heterocycles. The van der Waals surface area contributed by atoms with E-state index in [9.17, 15) is 28.7 Å². The fraction of sp³-hybridized carbons (Fsp3) is 0.469. The van der Waals surface area contributed by atoms with Crippen LogP contribution in [-0.2, 0) is 27.1 Å². The molecule has 3 heterocycles. The van der Waals surface area contributed by atoms with E-state index in [1.165, 1.54) is 12.1 Å². The number of carbonyl (C=O) groups excluding carboxylic acids is 3. The average Bonchev–Trinajstić information content (AvgIpc) is 3.53. The van der Waals surface area contributed by atoms with E-state index in [1.807, 2.05) is 35.2 Å². The average molecular weight is 668 g/mol. The molecule has 0 spiro atoms. The molecule has 14 nitrogen and oxygen atoms in total. The minimum Gasteiger partial charge on any atom is -0.404 e. The van der Waals surface area contributed by atoms with Gasteiger partial charge in [0.1, 0.15) is 18.0 Å². The van der Waals surface area contributed by atoms with Gasteiger partial charge in [0.05, 0.1) is 13.1 Å². The first-order valence-corrected chi connectivity index (χ1v) is 17.5. The van der Waals surface area contributed by atoms with Gasteiger partial charge in [-0.3, -0.25) is 30.2 Å². The van der Waals surface area contributed by atoms with Crippen LogP contribution in [0.3, 0.4) is 0 Å². The zero-order valence-corrected chi connectivity index (χ0v) is 27.0. The minimum atomic E-state index is -4.74. The molecule has 4 amide bonds. The third kappa shape index (κ3) is 7.53. The van der Waals surface area contributed by atoms with E-state index in [1.54, 1.807) is 33.1 Å². The highest BCUT2D eigenvalue weighted by atomic mass is 31.2. The molecule has 3 unspecified atom stereocenters. The molecule has 5 N–H and O–H groups in total. The number of amides is 4. The Bertz CT molecular complexity index is 1510. The molecule has 0 radical (unpaired) electrons. The van der Waals surface area contributed by atoms with E-state index in [-0.39, 0.29) is 68.2 Å². The van der Waals surface area contributed by atoms with Crippen LogP contribution in [-0.4, -0.2) is 98.4 Å². The number of nitrogens with one attached hydrogen (secondary N) is 3. The zero-order valence-electron chi connectivity index (χ0n) is 26.1. The Kier molecular flexibility index (Phi) is 9.97. The number of nitrogens with zero attached hydrogens (tertiary/aromatic N) is 4. The van der Waals surface area contributed by atoms with E-state index in [0.717, 1.165) is 31.4 Å². The summed E-state index contributed by atoms with van der Waals surface area (Å²) in [5, 5.41) is 6.25. The first kappa shape index (κ1) is 33.1. The fourth-order valence-electron chi connectivity index (χ4n) is 7.41. The third-order valence-electron chi connectivity index (χ3n) is 9.49. The lowest BCUT2D eigenvalue weighted by Crippen LogP contribution is -2.77. The van der Waals surface area contributed by atoms with E-state index < -0.39 is 20.0 Å². The maximum atomic E-state index is 14.4. The van der Waals surface area contributed by atoms with Crippen LogP contribution in [0.1, 0.15) is 30.4 Å². The largest absolute Gasteiger partial charge is 0.524 e. The van der Waals surface area contributed by atoms with Crippen molar-refractivity contribution >= 4 is 25.7 Å². The van der Waals surface area contributed by atoms with Crippen molar-refractivity contribution in [3.05, 3.63) is 78.4 Å². The van der Waals surface area contributed by atoms with Gasteiger partial charge >= 0.3 is 13.9 Å². The van der Waals surface area contributed by atoms with E-state index >= 15 is 0 Å². The number of rotatable bonds is 10. The molecule has 252 valence electrons.